The minimum atomic E-state index is 0.422. The van der Waals surface area contributed by atoms with E-state index in [4.69, 9.17) is 5.73 Å². The monoisotopic (exact) mass is 459 g/mol. The maximum atomic E-state index is 6.70. The molecule has 0 saturated carbocycles. The topological polar surface area (TPSA) is 83.2 Å². The first-order valence-electron chi connectivity index (χ1n) is 11.3. The van der Waals surface area contributed by atoms with E-state index in [0.29, 0.717) is 23.9 Å². The summed E-state index contributed by atoms with van der Waals surface area (Å²) in [6, 6.07) is 36.0. The Hall–Kier alpha value is -4.91. The number of nitrogen functional groups attached to an aromatic ring is 1. The second kappa shape index (κ2) is 10.4. The smallest absolute Gasteiger partial charge is 0.173 e. The summed E-state index contributed by atoms with van der Waals surface area (Å²) in [4.78, 5) is 15.6. The van der Waals surface area contributed by atoms with Crippen molar-refractivity contribution in [2.24, 2.45) is 0 Å². The molecular weight excluding hydrogens is 434 g/mol. The predicted molar refractivity (Wildman–Crippen MR) is 142 cm³/mol. The zero-order valence-electron chi connectivity index (χ0n) is 19.1. The van der Waals surface area contributed by atoms with Crippen LogP contribution in [0.4, 0.5) is 34.5 Å². The molecule has 0 radical (unpaired) electrons. The van der Waals surface area contributed by atoms with Crippen molar-refractivity contribution < 1.29 is 0 Å². The number of hydrogen-bond donors (Lipinski definition) is 2. The van der Waals surface area contributed by atoms with Crippen molar-refractivity contribution >= 4 is 34.5 Å². The van der Waals surface area contributed by atoms with Crippen LogP contribution in [0.15, 0.2) is 122 Å². The Labute approximate surface area is 204 Å². The summed E-state index contributed by atoms with van der Waals surface area (Å²) in [5, 5.41) is 1.95. The summed E-state index contributed by atoms with van der Waals surface area (Å²) in [6.45, 7) is 0.555. The Balaban J connectivity index is 1.54. The van der Waals surface area contributed by atoms with E-state index in [2.05, 4.69) is 32.5 Å². The lowest BCUT2D eigenvalue weighted by atomic mass is 10.2. The van der Waals surface area contributed by atoms with Gasteiger partial charge in [0.25, 0.3) is 0 Å². The summed E-state index contributed by atoms with van der Waals surface area (Å²) in [5.41, 5.74) is 13.5. The first-order valence-corrected chi connectivity index (χ1v) is 11.3. The Morgan fingerprint density at radius 1 is 0.657 bits per heavy atom. The number of pyridine rings is 1. The highest BCUT2D eigenvalue weighted by Crippen LogP contribution is 2.34. The quantitative estimate of drug-likeness (QED) is 0.277. The molecule has 7 nitrogen and oxygen atoms in total. The number of nitrogens with zero attached hydrogens (tertiary/aromatic N) is 5. The van der Waals surface area contributed by atoms with Gasteiger partial charge in [0.2, 0.25) is 0 Å². The standard InChI is InChI=1S/C28H25N7/c29-26-27(33-35(23-14-6-2-7-15-23)24-16-8-3-9-17-24)31-21-32-28(26)34(25-18-10-11-19-30-25)20-22-12-4-1-5-13-22/h1-19,21H,20,29H2,(H,31,32,33). The fourth-order valence-corrected chi connectivity index (χ4v) is 3.77. The summed E-state index contributed by atoms with van der Waals surface area (Å²) < 4.78 is 0. The SMILES string of the molecule is Nc1c(NN(c2ccccc2)c2ccccc2)ncnc1N(Cc1ccccc1)c1ccccn1. The second-order valence-corrected chi connectivity index (χ2v) is 7.84. The molecule has 172 valence electrons. The van der Waals surface area contributed by atoms with Crippen LogP contribution < -0.4 is 21.1 Å². The Morgan fingerprint density at radius 2 is 1.26 bits per heavy atom. The molecule has 0 aliphatic rings. The first kappa shape index (κ1) is 21.9. The van der Waals surface area contributed by atoms with Crippen molar-refractivity contribution in [2.75, 3.05) is 21.1 Å². The fourth-order valence-electron chi connectivity index (χ4n) is 3.77. The second-order valence-electron chi connectivity index (χ2n) is 7.84. The minimum absolute atomic E-state index is 0.422. The Bertz CT molecular complexity index is 1310. The Morgan fingerprint density at radius 3 is 1.86 bits per heavy atom. The van der Waals surface area contributed by atoms with Gasteiger partial charge in [0, 0.05) is 6.20 Å². The van der Waals surface area contributed by atoms with Crippen molar-refractivity contribution in [1.82, 2.24) is 15.0 Å². The van der Waals surface area contributed by atoms with Crippen LogP contribution in [0.1, 0.15) is 5.56 Å². The molecule has 2 aromatic heterocycles. The van der Waals surface area contributed by atoms with E-state index < -0.39 is 0 Å². The fraction of sp³-hybridized carbons (Fsp3) is 0.0357. The van der Waals surface area contributed by atoms with Crippen LogP contribution in [0.2, 0.25) is 0 Å². The van der Waals surface area contributed by atoms with Crippen molar-refractivity contribution in [1.29, 1.82) is 0 Å². The van der Waals surface area contributed by atoms with Gasteiger partial charge in [-0.05, 0) is 42.0 Å². The molecular formula is C28H25N7. The van der Waals surface area contributed by atoms with Crippen LogP contribution in [0, 0.1) is 0 Å². The number of anilines is 6. The van der Waals surface area contributed by atoms with Crippen molar-refractivity contribution in [3.05, 3.63) is 127 Å². The normalized spacial score (nSPS) is 10.5. The number of benzene rings is 3. The molecule has 5 rings (SSSR count). The molecule has 0 saturated heterocycles. The van der Waals surface area contributed by atoms with Crippen LogP contribution in [0.5, 0.6) is 0 Å². The number of hydrogen-bond acceptors (Lipinski definition) is 7. The molecule has 0 aliphatic heterocycles. The minimum Gasteiger partial charge on any atom is -0.393 e. The molecule has 7 heteroatoms. The van der Waals surface area contributed by atoms with E-state index in [1.165, 1.54) is 6.33 Å². The van der Waals surface area contributed by atoms with E-state index in [1.54, 1.807) is 6.20 Å². The Kier molecular flexibility index (Phi) is 6.48. The van der Waals surface area contributed by atoms with Gasteiger partial charge in [0.15, 0.2) is 11.6 Å². The van der Waals surface area contributed by atoms with Gasteiger partial charge in [-0.15, -0.1) is 0 Å². The lowest BCUT2D eigenvalue weighted by molar-refractivity contribution is 0.917. The van der Waals surface area contributed by atoms with Crippen molar-refractivity contribution in [2.45, 2.75) is 6.54 Å². The van der Waals surface area contributed by atoms with E-state index in [1.807, 2.05) is 107 Å². The number of aromatic nitrogens is 3. The highest BCUT2D eigenvalue weighted by atomic mass is 15.5. The molecule has 0 atom stereocenters. The molecule has 0 unspecified atom stereocenters. The molecule has 2 heterocycles. The first-order chi connectivity index (χ1) is 17.3. The summed E-state index contributed by atoms with van der Waals surface area (Å²) >= 11 is 0. The average molecular weight is 460 g/mol. The van der Waals surface area contributed by atoms with Crippen molar-refractivity contribution in [3.8, 4) is 0 Å². The molecule has 0 amide bonds. The van der Waals surface area contributed by atoms with E-state index in [-0.39, 0.29) is 0 Å². The highest BCUT2D eigenvalue weighted by Gasteiger charge is 2.20. The lowest BCUT2D eigenvalue weighted by Gasteiger charge is -2.28. The third-order valence-electron chi connectivity index (χ3n) is 5.47. The third kappa shape index (κ3) is 5.04. The van der Waals surface area contributed by atoms with Gasteiger partial charge in [-0.1, -0.05) is 72.8 Å². The largest absolute Gasteiger partial charge is 0.393 e. The molecule has 0 spiro atoms. The van der Waals surface area contributed by atoms with Gasteiger partial charge in [0.05, 0.1) is 17.9 Å². The van der Waals surface area contributed by atoms with Crippen LogP contribution in [-0.2, 0) is 6.54 Å². The number of para-hydroxylation sites is 2. The van der Waals surface area contributed by atoms with Gasteiger partial charge in [-0.25, -0.2) is 15.0 Å². The van der Waals surface area contributed by atoms with Gasteiger partial charge in [-0.2, -0.15) is 0 Å². The number of rotatable bonds is 8. The van der Waals surface area contributed by atoms with Gasteiger partial charge in [-0.3, -0.25) is 10.4 Å². The summed E-state index contributed by atoms with van der Waals surface area (Å²) in [7, 11) is 0. The van der Waals surface area contributed by atoms with E-state index in [9.17, 15) is 0 Å². The number of hydrazine groups is 1. The highest BCUT2D eigenvalue weighted by molar-refractivity contribution is 5.80. The summed E-state index contributed by atoms with van der Waals surface area (Å²) in [5.74, 6) is 1.82. The molecule has 0 fully saturated rings. The molecule has 3 N–H and O–H groups in total. The number of nitrogens with two attached hydrogens (primary N) is 1. The van der Waals surface area contributed by atoms with Gasteiger partial charge < -0.3 is 10.6 Å². The molecule has 3 aromatic carbocycles. The zero-order chi connectivity index (χ0) is 23.9. The average Bonchev–Trinajstić information content (AvgIpc) is 2.93. The predicted octanol–water partition coefficient (Wildman–Crippen LogP) is 5.96. The van der Waals surface area contributed by atoms with Gasteiger partial charge >= 0.3 is 0 Å². The molecule has 35 heavy (non-hydrogen) atoms. The molecule has 0 bridgehead atoms. The van der Waals surface area contributed by atoms with E-state index >= 15 is 0 Å². The third-order valence-corrected chi connectivity index (χ3v) is 5.47. The maximum Gasteiger partial charge on any atom is 0.173 e. The lowest BCUT2D eigenvalue weighted by Crippen LogP contribution is -2.27. The maximum absolute atomic E-state index is 6.70. The molecule has 5 aromatic rings. The summed E-state index contributed by atoms with van der Waals surface area (Å²) in [6.07, 6.45) is 3.28. The van der Waals surface area contributed by atoms with Crippen LogP contribution in [-0.4, -0.2) is 15.0 Å². The van der Waals surface area contributed by atoms with Crippen LogP contribution >= 0.6 is 0 Å². The zero-order valence-corrected chi connectivity index (χ0v) is 19.1. The van der Waals surface area contributed by atoms with E-state index in [0.717, 1.165) is 22.8 Å². The van der Waals surface area contributed by atoms with Crippen molar-refractivity contribution in [3.63, 3.8) is 0 Å². The van der Waals surface area contributed by atoms with Gasteiger partial charge in [0.1, 0.15) is 17.8 Å². The molecule has 0 aliphatic carbocycles. The number of nitrogens with one attached hydrogen (secondary N) is 1. The van der Waals surface area contributed by atoms with Crippen LogP contribution in [0.25, 0.3) is 0 Å². The van der Waals surface area contributed by atoms with Crippen LogP contribution in [0.3, 0.4) is 0 Å².